The van der Waals surface area contributed by atoms with Crippen LogP contribution in [0.25, 0.3) is 0 Å². The average molecular weight is 390 g/mol. The van der Waals surface area contributed by atoms with Crippen molar-refractivity contribution in [2.75, 3.05) is 13.6 Å². The second-order valence-electron chi connectivity index (χ2n) is 7.59. The Morgan fingerprint density at radius 3 is 1.36 bits per heavy atom. The number of hydrogen-bond donors (Lipinski definition) is 0. The zero-order valence-corrected chi connectivity index (χ0v) is 16.4. The summed E-state index contributed by atoms with van der Waals surface area (Å²) in [6, 6.07) is 6.92. The van der Waals surface area contributed by atoms with E-state index in [9.17, 15) is 9.59 Å². The number of rotatable bonds is 8. The van der Waals surface area contributed by atoms with Crippen LogP contribution in [0.4, 0.5) is 0 Å². The van der Waals surface area contributed by atoms with Crippen LogP contribution >= 0.6 is 0 Å². The number of hydrogen-bond acceptors (Lipinski definition) is 6. The third kappa shape index (κ3) is 6.43. The SMILES string of the molecule is O=C(OCOc1ccc(OCOC(=O)C2CCCCC2)cc1)C1CCCCC1. The van der Waals surface area contributed by atoms with Crippen molar-refractivity contribution in [2.24, 2.45) is 11.8 Å². The number of esters is 2. The molecule has 0 radical (unpaired) electrons. The molecule has 2 saturated carbocycles. The van der Waals surface area contributed by atoms with Crippen LogP contribution in [0.15, 0.2) is 24.3 Å². The Morgan fingerprint density at radius 2 is 1.00 bits per heavy atom. The maximum absolute atomic E-state index is 12.0. The first-order chi connectivity index (χ1) is 13.7. The minimum absolute atomic E-state index is 0.0180. The third-order valence-corrected chi connectivity index (χ3v) is 5.55. The summed E-state index contributed by atoms with van der Waals surface area (Å²) in [6.07, 6.45) is 10.4. The lowest BCUT2D eigenvalue weighted by molar-refractivity contribution is -0.157. The molecule has 0 amide bonds. The van der Waals surface area contributed by atoms with Gasteiger partial charge in [0.25, 0.3) is 0 Å². The molecule has 2 aliphatic rings. The number of benzene rings is 1. The smallest absolute Gasteiger partial charge is 0.311 e. The third-order valence-electron chi connectivity index (χ3n) is 5.55. The molecule has 6 heteroatoms. The highest BCUT2D eigenvalue weighted by Gasteiger charge is 2.23. The van der Waals surface area contributed by atoms with Gasteiger partial charge in [-0.3, -0.25) is 9.59 Å². The van der Waals surface area contributed by atoms with Crippen molar-refractivity contribution in [3.8, 4) is 11.5 Å². The van der Waals surface area contributed by atoms with Crippen molar-refractivity contribution in [3.63, 3.8) is 0 Å². The fourth-order valence-electron chi connectivity index (χ4n) is 3.86. The predicted molar refractivity (Wildman–Crippen MR) is 103 cm³/mol. The van der Waals surface area contributed by atoms with Crippen LogP contribution in [-0.4, -0.2) is 25.5 Å². The summed E-state index contributed by atoms with van der Waals surface area (Å²) in [7, 11) is 0. The topological polar surface area (TPSA) is 71.1 Å². The highest BCUT2D eigenvalue weighted by molar-refractivity contribution is 5.72. The van der Waals surface area contributed by atoms with Gasteiger partial charge in [-0.05, 0) is 49.9 Å². The molecular formula is C22H30O6. The summed E-state index contributed by atoms with van der Waals surface area (Å²) in [5, 5.41) is 0. The predicted octanol–water partition coefficient (Wildman–Crippen LogP) is 4.61. The van der Waals surface area contributed by atoms with Crippen LogP contribution < -0.4 is 9.47 Å². The van der Waals surface area contributed by atoms with E-state index >= 15 is 0 Å². The first kappa shape index (κ1) is 20.5. The van der Waals surface area contributed by atoms with Gasteiger partial charge in [0.05, 0.1) is 11.8 Å². The van der Waals surface area contributed by atoms with Gasteiger partial charge in [-0.1, -0.05) is 38.5 Å². The van der Waals surface area contributed by atoms with E-state index in [0.717, 1.165) is 51.4 Å². The van der Waals surface area contributed by atoms with Crippen LogP contribution in [-0.2, 0) is 19.1 Å². The molecule has 0 aromatic heterocycles. The second kappa shape index (κ2) is 10.9. The first-order valence-corrected chi connectivity index (χ1v) is 10.4. The summed E-state index contributed by atoms with van der Waals surface area (Å²) >= 11 is 0. The molecule has 0 spiro atoms. The van der Waals surface area contributed by atoms with E-state index in [1.165, 1.54) is 12.8 Å². The summed E-state index contributed by atoms with van der Waals surface area (Å²) in [5.74, 6) is 0.874. The largest absolute Gasteiger partial charge is 0.457 e. The molecule has 1 aromatic rings. The summed E-state index contributed by atoms with van der Waals surface area (Å²) < 4.78 is 21.4. The van der Waals surface area contributed by atoms with Crippen molar-refractivity contribution in [2.45, 2.75) is 64.2 Å². The number of carbonyl (C=O) groups is 2. The van der Waals surface area contributed by atoms with Gasteiger partial charge in [-0.25, -0.2) is 0 Å². The molecule has 28 heavy (non-hydrogen) atoms. The second-order valence-corrected chi connectivity index (χ2v) is 7.59. The fraction of sp³-hybridized carbons (Fsp3) is 0.636. The van der Waals surface area contributed by atoms with E-state index in [4.69, 9.17) is 18.9 Å². The van der Waals surface area contributed by atoms with Crippen molar-refractivity contribution in [1.82, 2.24) is 0 Å². The van der Waals surface area contributed by atoms with E-state index in [0.29, 0.717) is 11.5 Å². The maximum atomic E-state index is 12.0. The van der Waals surface area contributed by atoms with Crippen molar-refractivity contribution in [1.29, 1.82) is 0 Å². The van der Waals surface area contributed by atoms with Crippen molar-refractivity contribution >= 4 is 11.9 Å². The van der Waals surface area contributed by atoms with Crippen LogP contribution in [0.5, 0.6) is 11.5 Å². The van der Waals surface area contributed by atoms with E-state index in [-0.39, 0.29) is 37.4 Å². The molecule has 0 heterocycles. The van der Waals surface area contributed by atoms with Gasteiger partial charge >= 0.3 is 11.9 Å². The lowest BCUT2D eigenvalue weighted by atomic mass is 9.89. The van der Waals surface area contributed by atoms with Crippen molar-refractivity contribution < 1.29 is 28.5 Å². The fourth-order valence-corrected chi connectivity index (χ4v) is 3.86. The molecule has 3 rings (SSSR count). The van der Waals surface area contributed by atoms with Crippen LogP contribution in [0.3, 0.4) is 0 Å². The maximum Gasteiger partial charge on any atom is 0.311 e. The van der Waals surface area contributed by atoms with Gasteiger partial charge in [-0.15, -0.1) is 0 Å². The van der Waals surface area contributed by atoms with E-state index in [1.54, 1.807) is 24.3 Å². The Hall–Kier alpha value is -2.24. The van der Waals surface area contributed by atoms with Gasteiger partial charge < -0.3 is 18.9 Å². The summed E-state index contributed by atoms with van der Waals surface area (Å²) in [4.78, 5) is 23.9. The normalized spacial score (nSPS) is 18.3. The van der Waals surface area contributed by atoms with Gasteiger partial charge in [0.1, 0.15) is 11.5 Å². The van der Waals surface area contributed by atoms with Crippen LogP contribution in [0, 0.1) is 11.8 Å². The Bertz CT molecular complexity index is 559. The molecule has 154 valence electrons. The minimum atomic E-state index is -0.167. The summed E-state index contributed by atoms with van der Waals surface area (Å²) in [5.41, 5.74) is 0. The highest BCUT2D eigenvalue weighted by Crippen LogP contribution is 2.26. The van der Waals surface area contributed by atoms with E-state index in [1.807, 2.05) is 0 Å². The quantitative estimate of drug-likeness (QED) is 0.477. The molecule has 0 N–H and O–H groups in total. The zero-order valence-electron chi connectivity index (χ0n) is 16.4. The summed E-state index contributed by atoms with van der Waals surface area (Å²) in [6.45, 7) is -0.178. The van der Waals surface area contributed by atoms with E-state index in [2.05, 4.69) is 0 Å². The molecule has 0 bridgehead atoms. The molecule has 0 atom stereocenters. The minimum Gasteiger partial charge on any atom is -0.457 e. The molecule has 0 unspecified atom stereocenters. The zero-order chi connectivity index (χ0) is 19.6. The Morgan fingerprint density at radius 1 is 0.643 bits per heavy atom. The molecular weight excluding hydrogens is 360 g/mol. The first-order valence-electron chi connectivity index (χ1n) is 10.4. The molecule has 0 saturated heterocycles. The lowest BCUT2D eigenvalue weighted by Crippen LogP contribution is -2.22. The lowest BCUT2D eigenvalue weighted by Gasteiger charge is -2.20. The van der Waals surface area contributed by atoms with Crippen LogP contribution in [0.1, 0.15) is 64.2 Å². The molecule has 2 aliphatic carbocycles. The van der Waals surface area contributed by atoms with Crippen LogP contribution in [0.2, 0.25) is 0 Å². The van der Waals surface area contributed by atoms with E-state index < -0.39 is 0 Å². The van der Waals surface area contributed by atoms with Gasteiger partial charge in [0.2, 0.25) is 13.6 Å². The Kier molecular flexibility index (Phi) is 8.00. The number of ether oxygens (including phenoxy) is 4. The molecule has 2 fully saturated rings. The van der Waals surface area contributed by atoms with Gasteiger partial charge in [-0.2, -0.15) is 0 Å². The monoisotopic (exact) mass is 390 g/mol. The molecule has 6 nitrogen and oxygen atoms in total. The standard InChI is InChI=1S/C22H30O6/c23-21(17-7-3-1-4-8-17)27-15-25-19-11-13-20(14-12-19)26-16-28-22(24)18-9-5-2-6-10-18/h11-14,17-18H,1-10,15-16H2. The van der Waals surface area contributed by atoms with Crippen molar-refractivity contribution in [3.05, 3.63) is 24.3 Å². The molecule has 0 aliphatic heterocycles. The highest BCUT2D eigenvalue weighted by atomic mass is 16.7. The Balaban J connectivity index is 1.31. The Labute approximate surface area is 166 Å². The number of carbonyl (C=O) groups excluding carboxylic acids is 2. The molecule has 1 aromatic carbocycles. The van der Waals surface area contributed by atoms with Gasteiger partial charge in [0, 0.05) is 0 Å². The van der Waals surface area contributed by atoms with Gasteiger partial charge in [0.15, 0.2) is 0 Å². The average Bonchev–Trinajstić information content (AvgIpc) is 2.76.